The van der Waals surface area contributed by atoms with E-state index in [0.29, 0.717) is 23.4 Å². The molecule has 10 nitrogen and oxygen atoms in total. The van der Waals surface area contributed by atoms with E-state index in [-0.39, 0.29) is 46.0 Å². The Labute approximate surface area is 295 Å². The van der Waals surface area contributed by atoms with E-state index < -0.39 is 51.9 Å². The molecule has 0 unspecified atom stereocenters. The van der Waals surface area contributed by atoms with E-state index in [0.717, 1.165) is 36.8 Å². The Morgan fingerprint density at radius 1 is 1.24 bits per heavy atom. The first-order chi connectivity index (χ1) is 24.2. The number of pyridine rings is 2. The molecule has 1 saturated carbocycles. The molecule has 3 aromatic heterocycles. The van der Waals surface area contributed by atoms with E-state index in [4.69, 9.17) is 26.8 Å². The van der Waals surface area contributed by atoms with Crippen LogP contribution in [0.5, 0.6) is 11.6 Å². The van der Waals surface area contributed by atoms with Crippen molar-refractivity contribution < 1.29 is 37.3 Å². The number of nitrogens with two attached hydrogens (primary N) is 1. The zero-order valence-electron chi connectivity index (χ0n) is 27.6. The van der Waals surface area contributed by atoms with Crippen molar-refractivity contribution >= 4 is 28.9 Å². The van der Waals surface area contributed by atoms with Gasteiger partial charge in [-0.2, -0.15) is 5.10 Å². The molecule has 1 aromatic carbocycles. The fraction of sp³-hybridized carbons (Fsp3) is 0.243. The van der Waals surface area contributed by atoms with Crippen LogP contribution in [-0.2, 0) is 15.8 Å². The summed E-state index contributed by atoms with van der Waals surface area (Å²) in [5.41, 5.74) is 2.99. The van der Waals surface area contributed by atoms with Crippen molar-refractivity contribution in [2.45, 2.75) is 36.7 Å². The number of halogens is 4. The number of primary amides is 1. The molecule has 1 aliphatic carbocycles. The molecular formula is C37H33ClF3N5O5. The second-order valence-corrected chi connectivity index (χ2v) is 13.0. The summed E-state index contributed by atoms with van der Waals surface area (Å²) in [5.74, 6) is -3.58. The van der Waals surface area contributed by atoms with Crippen molar-refractivity contribution in [3.05, 3.63) is 124 Å². The summed E-state index contributed by atoms with van der Waals surface area (Å²) in [7, 11) is 1.45. The van der Waals surface area contributed by atoms with Gasteiger partial charge in [-0.05, 0) is 61.8 Å². The van der Waals surface area contributed by atoms with Gasteiger partial charge in [-0.3, -0.25) is 9.59 Å². The Kier molecular flexibility index (Phi) is 9.29. The molecule has 0 bridgehead atoms. The third-order valence-corrected chi connectivity index (χ3v) is 9.39. The molecule has 14 heteroatoms. The molecule has 2 atom stereocenters. The summed E-state index contributed by atoms with van der Waals surface area (Å²) < 4.78 is 56.4. The minimum atomic E-state index is -2.29. The first-order valence-electron chi connectivity index (χ1n) is 15.8. The van der Waals surface area contributed by atoms with Crippen LogP contribution in [0.1, 0.15) is 53.0 Å². The fourth-order valence-electron chi connectivity index (χ4n) is 5.77. The zero-order chi connectivity index (χ0) is 36.8. The van der Waals surface area contributed by atoms with Crippen LogP contribution in [-0.4, -0.2) is 51.8 Å². The number of rotatable bonds is 12. The number of nitrogens with zero attached hydrogens (tertiary/aromatic N) is 3. The summed E-state index contributed by atoms with van der Waals surface area (Å²) in [6.07, 6.45) is 6.62. The SMILES string of the molecule is C=C/C(F)=C\C=C/C(=C)[C@](O)(CNC(=O)c1cc(OC)n2nc(C3CC3)cc2c1)c1cc2c(c(-c3cc(Cl)c(F)cc3F)n1)OC[C@]2(C)C(N)=O. The third-order valence-electron chi connectivity index (χ3n) is 9.10. The molecule has 2 aliphatic rings. The minimum Gasteiger partial charge on any atom is -0.489 e. The Morgan fingerprint density at radius 3 is 2.65 bits per heavy atom. The van der Waals surface area contributed by atoms with Crippen molar-refractivity contribution in [2.24, 2.45) is 5.73 Å². The molecule has 4 aromatic rings. The Hall–Kier alpha value is -5.40. The molecule has 6 rings (SSSR count). The van der Waals surface area contributed by atoms with Crippen LogP contribution in [0.15, 0.2) is 85.3 Å². The van der Waals surface area contributed by atoms with Gasteiger partial charge in [-0.25, -0.2) is 22.7 Å². The van der Waals surface area contributed by atoms with Crippen molar-refractivity contribution in [3.8, 4) is 22.9 Å². The van der Waals surface area contributed by atoms with Gasteiger partial charge in [0.15, 0.2) is 0 Å². The predicted molar refractivity (Wildman–Crippen MR) is 184 cm³/mol. The molecule has 51 heavy (non-hydrogen) atoms. The Bertz CT molecular complexity index is 2200. The lowest BCUT2D eigenvalue weighted by Crippen LogP contribution is -2.43. The van der Waals surface area contributed by atoms with E-state index in [2.05, 4.69) is 28.6 Å². The van der Waals surface area contributed by atoms with Crippen molar-refractivity contribution in [3.63, 3.8) is 0 Å². The van der Waals surface area contributed by atoms with Gasteiger partial charge in [0.25, 0.3) is 5.91 Å². The average Bonchev–Trinajstić information content (AvgIpc) is 3.78. The largest absolute Gasteiger partial charge is 0.489 e. The number of fused-ring (bicyclic) bond motifs is 2. The molecule has 2 amide bonds. The second kappa shape index (κ2) is 13.4. The number of hydrogen-bond donors (Lipinski definition) is 3. The summed E-state index contributed by atoms with van der Waals surface area (Å²) >= 11 is 6.03. The second-order valence-electron chi connectivity index (χ2n) is 12.6. The van der Waals surface area contributed by atoms with Gasteiger partial charge in [0.1, 0.15) is 46.5 Å². The zero-order valence-corrected chi connectivity index (χ0v) is 28.4. The van der Waals surface area contributed by atoms with Crippen LogP contribution in [0.25, 0.3) is 16.8 Å². The fourth-order valence-corrected chi connectivity index (χ4v) is 5.93. The Morgan fingerprint density at radius 2 is 1.98 bits per heavy atom. The number of carbonyl (C=O) groups is 2. The van der Waals surface area contributed by atoms with Crippen LogP contribution >= 0.6 is 11.6 Å². The maximum absolute atomic E-state index is 15.4. The molecular weight excluding hydrogens is 687 g/mol. The lowest BCUT2D eigenvalue weighted by Gasteiger charge is -2.30. The van der Waals surface area contributed by atoms with Gasteiger partial charge >= 0.3 is 0 Å². The standard InChI is InChI=1S/C37H33ClF3N5O5/c1-5-22(39)8-6-7-19(2)37(49,17-43-34(47)21-11-23-13-29(20-9-10-20)45-46(23)31(12-21)50-4)30-15-25-33(51-18-36(25,3)35(42)48)32(44-30)24-14-26(38)28(41)16-27(24)40/h5-8,11-16,20,49H,1-2,9-10,17-18H2,3-4H3,(H2,42,48)(H,43,47)/b7-6-,22-8+/t36-,37+/m0/s1. The van der Waals surface area contributed by atoms with Crippen molar-refractivity contribution in [1.82, 2.24) is 19.9 Å². The van der Waals surface area contributed by atoms with E-state index in [9.17, 15) is 23.5 Å². The number of ether oxygens (including phenoxy) is 2. The van der Waals surface area contributed by atoms with Crippen LogP contribution in [0.2, 0.25) is 5.02 Å². The highest BCUT2D eigenvalue weighted by Gasteiger charge is 2.46. The monoisotopic (exact) mass is 719 g/mol. The molecule has 4 N–H and O–H groups in total. The smallest absolute Gasteiger partial charge is 0.251 e. The number of allylic oxidation sites excluding steroid dienone is 4. The third kappa shape index (κ3) is 6.50. The molecule has 4 heterocycles. The Balaban J connectivity index is 1.47. The van der Waals surface area contributed by atoms with Crippen LogP contribution in [0, 0.1) is 11.6 Å². The number of hydrogen-bond acceptors (Lipinski definition) is 7. The molecule has 0 spiro atoms. The number of carbonyl (C=O) groups excluding carboxylic acids is 2. The van der Waals surface area contributed by atoms with E-state index in [1.807, 2.05) is 6.07 Å². The van der Waals surface area contributed by atoms with Crippen molar-refractivity contribution in [1.29, 1.82) is 0 Å². The molecule has 0 radical (unpaired) electrons. The highest BCUT2D eigenvalue weighted by molar-refractivity contribution is 6.31. The van der Waals surface area contributed by atoms with Gasteiger partial charge in [0.05, 0.1) is 35.6 Å². The highest BCUT2D eigenvalue weighted by atomic mass is 35.5. The van der Waals surface area contributed by atoms with E-state index >= 15 is 4.39 Å². The lowest BCUT2D eigenvalue weighted by atomic mass is 9.80. The molecule has 264 valence electrons. The normalized spacial score (nSPS) is 18.3. The average molecular weight is 720 g/mol. The van der Waals surface area contributed by atoms with Crippen LogP contribution in [0.4, 0.5) is 13.2 Å². The van der Waals surface area contributed by atoms with Gasteiger partial charge in [-0.1, -0.05) is 36.9 Å². The van der Waals surface area contributed by atoms with Gasteiger partial charge in [0, 0.05) is 34.7 Å². The first kappa shape index (κ1) is 35.4. The molecule has 1 aliphatic heterocycles. The summed E-state index contributed by atoms with van der Waals surface area (Å²) in [6, 6.07) is 7.89. The maximum Gasteiger partial charge on any atom is 0.251 e. The summed E-state index contributed by atoms with van der Waals surface area (Å²) in [6.45, 7) is 8.00. The highest BCUT2D eigenvalue weighted by Crippen LogP contribution is 2.47. The molecule has 0 saturated heterocycles. The number of aliphatic hydroxyl groups is 1. The predicted octanol–water partition coefficient (Wildman–Crippen LogP) is 6.12. The molecule has 1 fully saturated rings. The number of methoxy groups -OCH3 is 1. The number of amides is 2. The van der Waals surface area contributed by atoms with Crippen molar-refractivity contribution in [2.75, 3.05) is 20.3 Å². The van der Waals surface area contributed by atoms with Gasteiger partial charge in [-0.15, -0.1) is 0 Å². The number of nitrogens with one attached hydrogen (secondary N) is 1. The van der Waals surface area contributed by atoms with Crippen LogP contribution < -0.4 is 20.5 Å². The van der Waals surface area contributed by atoms with Crippen LogP contribution in [0.3, 0.4) is 0 Å². The van der Waals surface area contributed by atoms with Gasteiger partial charge in [0.2, 0.25) is 11.8 Å². The van der Waals surface area contributed by atoms with Gasteiger partial charge < -0.3 is 25.6 Å². The summed E-state index contributed by atoms with van der Waals surface area (Å²) in [5, 5.41) is 19.3. The number of aromatic nitrogens is 3. The van der Waals surface area contributed by atoms with E-state index in [1.165, 1.54) is 38.3 Å². The lowest BCUT2D eigenvalue weighted by molar-refractivity contribution is -0.123. The number of benzene rings is 1. The van der Waals surface area contributed by atoms with E-state index in [1.54, 1.807) is 10.6 Å². The summed E-state index contributed by atoms with van der Waals surface area (Å²) in [4.78, 5) is 31.0. The maximum atomic E-state index is 15.4. The topological polar surface area (TPSA) is 141 Å². The minimum absolute atomic E-state index is 0.0445. The first-order valence-corrected chi connectivity index (χ1v) is 16.2. The quantitative estimate of drug-likeness (QED) is 0.118.